The van der Waals surface area contributed by atoms with Gasteiger partial charge in [0.1, 0.15) is 17.1 Å². The first-order valence-corrected chi connectivity index (χ1v) is 11.5. The largest absolute Gasteiger partial charge is 0.426 e. The van der Waals surface area contributed by atoms with E-state index in [1.165, 1.54) is 5.06 Å². The molecule has 0 unspecified atom stereocenters. The second-order valence-electron chi connectivity index (χ2n) is 9.42. The minimum atomic E-state index is -3.23. The molecule has 0 aromatic heterocycles. The topological polar surface area (TPSA) is 127 Å². The maximum absolute atomic E-state index is 13.7. The van der Waals surface area contributed by atoms with Gasteiger partial charge in [-0.15, -0.1) is 5.06 Å². The zero-order valence-corrected chi connectivity index (χ0v) is 19.4. The molecular formula is C23H28F2N6O4. The third kappa shape index (κ3) is 5.45. The van der Waals surface area contributed by atoms with E-state index >= 15 is 0 Å². The molecule has 3 fully saturated rings. The van der Waals surface area contributed by atoms with E-state index in [0.29, 0.717) is 39.3 Å². The predicted octanol–water partition coefficient (Wildman–Crippen LogP) is 1.64. The van der Waals surface area contributed by atoms with E-state index in [2.05, 4.69) is 16.0 Å². The van der Waals surface area contributed by atoms with E-state index in [4.69, 9.17) is 10.1 Å². The molecule has 0 bridgehead atoms. The monoisotopic (exact) mass is 490 g/mol. The highest BCUT2D eigenvalue weighted by Gasteiger charge is 2.51. The van der Waals surface area contributed by atoms with Gasteiger partial charge in [-0.2, -0.15) is 5.26 Å². The molecule has 3 amide bonds. The van der Waals surface area contributed by atoms with Crippen molar-refractivity contribution < 1.29 is 28.0 Å². The number of hydroxylamine groups is 2. The molecule has 1 spiro atoms. The molecule has 10 nitrogen and oxygen atoms in total. The molecule has 1 atom stereocenters. The van der Waals surface area contributed by atoms with Crippen LogP contribution in [-0.4, -0.2) is 65.8 Å². The number of alkyl halides is 2. The lowest BCUT2D eigenvalue weighted by atomic mass is 9.86. The summed E-state index contributed by atoms with van der Waals surface area (Å²) in [7, 11) is 0. The number of anilines is 1. The first-order chi connectivity index (χ1) is 16.6. The van der Waals surface area contributed by atoms with Gasteiger partial charge in [-0.3, -0.25) is 9.59 Å². The van der Waals surface area contributed by atoms with Crippen molar-refractivity contribution in [2.24, 2.45) is 0 Å². The number of halogens is 2. The number of nitriles is 1. The molecule has 0 radical (unpaired) electrons. The molecule has 35 heavy (non-hydrogen) atoms. The predicted molar refractivity (Wildman–Crippen MR) is 120 cm³/mol. The number of carbonyl (C=O) groups is 3. The highest BCUT2D eigenvalue weighted by atomic mass is 19.3. The number of nitrogens with zero attached hydrogens (tertiary/aromatic N) is 3. The fraction of sp³-hybridized carbons (Fsp3) is 0.565. The van der Waals surface area contributed by atoms with Crippen LogP contribution in [0.15, 0.2) is 30.3 Å². The lowest BCUT2D eigenvalue weighted by Gasteiger charge is -2.42. The summed E-state index contributed by atoms with van der Waals surface area (Å²) in [6.45, 7) is 1.49. The van der Waals surface area contributed by atoms with E-state index in [9.17, 15) is 23.2 Å². The second-order valence-corrected chi connectivity index (χ2v) is 9.42. The van der Waals surface area contributed by atoms with Crippen LogP contribution in [0.25, 0.3) is 0 Å². The molecule has 1 saturated carbocycles. The van der Waals surface area contributed by atoms with Crippen LogP contribution in [-0.2, 0) is 14.4 Å². The van der Waals surface area contributed by atoms with Crippen molar-refractivity contribution in [3.05, 3.63) is 30.3 Å². The van der Waals surface area contributed by atoms with Gasteiger partial charge in [0.05, 0.1) is 12.7 Å². The number of hydrogen-bond acceptors (Lipinski definition) is 7. The quantitative estimate of drug-likeness (QED) is 0.530. The molecule has 3 N–H and O–H groups in total. The number of hydrogen-bond donors (Lipinski definition) is 3. The smallest absolute Gasteiger partial charge is 0.351 e. The van der Waals surface area contributed by atoms with Crippen molar-refractivity contribution in [2.45, 2.75) is 62.1 Å². The highest BCUT2D eigenvalue weighted by molar-refractivity contribution is 5.93. The number of piperidine rings is 1. The summed E-state index contributed by atoms with van der Waals surface area (Å²) in [6, 6.07) is 9.90. The number of para-hydroxylation sites is 1. The number of rotatable bonds is 7. The zero-order valence-electron chi connectivity index (χ0n) is 19.4. The van der Waals surface area contributed by atoms with Gasteiger partial charge in [0.2, 0.25) is 17.7 Å². The molecule has 12 heteroatoms. The maximum atomic E-state index is 13.7. The Bertz CT molecular complexity index is 1010. The van der Waals surface area contributed by atoms with Crippen LogP contribution in [0.5, 0.6) is 0 Å². The van der Waals surface area contributed by atoms with Gasteiger partial charge < -0.3 is 25.7 Å². The molecule has 188 valence electrons. The highest BCUT2D eigenvalue weighted by Crippen LogP contribution is 2.36. The Hall–Kier alpha value is -3.46. The summed E-state index contributed by atoms with van der Waals surface area (Å²) in [5.41, 5.74) is -0.934. The third-order valence-corrected chi connectivity index (χ3v) is 6.66. The Morgan fingerprint density at radius 2 is 1.89 bits per heavy atom. The van der Waals surface area contributed by atoms with Crippen molar-refractivity contribution in [1.82, 2.24) is 21.0 Å². The van der Waals surface area contributed by atoms with Crippen molar-refractivity contribution in [1.29, 1.82) is 5.26 Å². The van der Waals surface area contributed by atoms with Gasteiger partial charge in [0.25, 0.3) is 0 Å². The van der Waals surface area contributed by atoms with Crippen LogP contribution < -0.4 is 20.9 Å². The van der Waals surface area contributed by atoms with Crippen LogP contribution in [0.2, 0.25) is 0 Å². The summed E-state index contributed by atoms with van der Waals surface area (Å²) < 4.78 is 27.3. The fourth-order valence-corrected chi connectivity index (χ4v) is 4.55. The van der Waals surface area contributed by atoms with E-state index in [-0.39, 0.29) is 19.0 Å². The van der Waals surface area contributed by atoms with Crippen molar-refractivity contribution in [3.8, 4) is 6.07 Å². The number of amides is 3. The van der Waals surface area contributed by atoms with Gasteiger partial charge >= 0.3 is 6.09 Å². The van der Waals surface area contributed by atoms with Crippen molar-refractivity contribution in [3.63, 3.8) is 0 Å². The van der Waals surface area contributed by atoms with E-state index in [0.717, 1.165) is 5.69 Å². The molecule has 2 heterocycles. The van der Waals surface area contributed by atoms with Crippen LogP contribution in [0.1, 0.15) is 39.0 Å². The lowest BCUT2D eigenvalue weighted by molar-refractivity contribution is -0.139. The van der Waals surface area contributed by atoms with Crippen molar-refractivity contribution in [2.75, 3.05) is 24.7 Å². The molecule has 3 aliphatic rings. The summed E-state index contributed by atoms with van der Waals surface area (Å²) in [4.78, 5) is 45.0. The first-order valence-electron chi connectivity index (χ1n) is 11.5. The lowest BCUT2D eigenvalue weighted by Crippen LogP contribution is -2.57. The van der Waals surface area contributed by atoms with Crippen LogP contribution in [0, 0.1) is 11.3 Å². The summed E-state index contributed by atoms with van der Waals surface area (Å²) in [5.74, 6) is -4.19. The zero-order chi connectivity index (χ0) is 25.3. The van der Waals surface area contributed by atoms with Gasteiger partial charge in [0.15, 0.2) is 0 Å². The Kier molecular flexibility index (Phi) is 6.55. The Morgan fingerprint density at radius 1 is 1.23 bits per heavy atom. The number of benzene rings is 1. The molecule has 2 aliphatic heterocycles. The molecule has 1 aromatic carbocycles. The van der Waals surface area contributed by atoms with Crippen molar-refractivity contribution >= 4 is 23.6 Å². The fourth-order valence-electron chi connectivity index (χ4n) is 4.55. The van der Waals surface area contributed by atoms with Crippen LogP contribution in [0.4, 0.5) is 19.3 Å². The maximum Gasteiger partial charge on any atom is 0.426 e. The minimum Gasteiger partial charge on any atom is -0.351 e. The minimum absolute atomic E-state index is 0.0983. The summed E-state index contributed by atoms with van der Waals surface area (Å²) in [5, 5.41) is 18.0. The Labute approximate surface area is 201 Å². The van der Waals surface area contributed by atoms with Crippen LogP contribution >= 0.6 is 0 Å². The molecular weight excluding hydrogens is 462 g/mol. The number of nitrogens with one attached hydrogen (secondary N) is 3. The Morgan fingerprint density at radius 3 is 2.46 bits per heavy atom. The van der Waals surface area contributed by atoms with Gasteiger partial charge in [-0.05, 0) is 44.7 Å². The second kappa shape index (κ2) is 9.30. The van der Waals surface area contributed by atoms with Gasteiger partial charge in [-0.1, -0.05) is 18.2 Å². The molecule has 1 aromatic rings. The average Bonchev–Trinajstić information content (AvgIpc) is 3.52. The standard InChI is InChI=1S/C23H28F2N6O4/c1-21(24,25)13-17(18(32)29-22(14-26)7-8-22)28-20(34)35-30-11-9-23(10-12-30)19(33)27-15-31(23)16-5-3-2-4-6-16/h2-6,17H,7-13,15H2,1H3,(H,27,33)(H,28,34)(H,29,32)/t17-/m0/s1. The van der Waals surface area contributed by atoms with E-state index in [1.807, 2.05) is 41.3 Å². The summed E-state index contributed by atoms with van der Waals surface area (Å²) >= 11 is 0. The first kappa shape index (κ1) is 24.7. The summed E-state index contributed by atoms with van der Waals surface area (Å²) in [6.07, 6.45) is -0.380. The van der Waals surface area contributed by atoms with E-state index < -0.39 is 41.5 Å². The SMILES string of the molecule is CC(F)(F)C[C@H](NC(=O)ON1CCC2(CC1)C(=O)NCN2c1ccccc1)C(=O)NC1(C#N)CC1. The molecule has 4 rings (SSSR count). The van der Waals surface area contributed by atoms with Crippen LogP contribution in [0.3, 0.4) is 0 Å². The number of carbonyl (C=O) groups excluding carboxylic acids is 3. The average molecular weight is 491 g/mol. The molecule has 1 aliphatic carbocycles. The third-order valence-electron chi connectivity index (χ3n) is 6.66. The van der Waals surface area contributed by atoms with Gasteiger partial charge in [-0.25, -0.2) is 13.6 Å². The molecule has 2 saturated heterocycles. The van der Waals surface area contributed by atoms with Gasteiger partial charge in [0, 0.05) is 25.2 Å². The Balaban J connectivity index is 1.35. The van der Waals surface area contributed by atoms with E-state index in [1.54, 1.807) is 0 Å². The normalized spacial score (nSPS) is 21.5.